The molecule has 1 aromatic heterocycles. The number of imidazole rings is 1. The van der Waals surface area contributed by atoms with Crippen molar-refractivity contribution < 1.29 is 19.5 Å². The number of hydrogen-bond donors (Lipinski definition) is 3. The maximum atomic E-state index is 10.6. The maximum absolute atomic E-state index is 10.6. The fourth-order valence-corrected chi connectivity index (χ4v) is 3.90. The lowest BCUT2D eigenvalue weighted by molar-refractivity contribution is -0.0893. The third-order valence-electron chi connectivity index (χ3n) is 8.08. The first-order valence-electron chi connectivity index (χ1n) is 13.9. The molecule has 0 fully saturated rings. The number of para-hydroxylation sites is 3. The Balaban J connectivity index is 1.74. The highest BCUT2D eigenvalue weighted by Crippen LogP contribution is 2.29. The molecule has 2 radical (unpaired) electrons. The number of aromatic nitrogens is 2. The van der Waals surface area contributed by atoms with E-state index in [4.69, 9.17) is 14.3 Å². The summed E-state index contributed by atoms with van der Waals surface area (Å²) in [5, 5.41) is 24.7. The molecule has 0 spiro atoms. The topological polar surface area (TPSA) is 88.8 Å². The molecular formula is C32H41B2N3O4. The molecule has 0 saturated heterocycles. The first-order chi connectivity index (χ1) is 19.0. The standard InChI is InChI=1S/C32H41B2N3O4/c1-21-14-10-12-16-26(21)37-27-17-13-11-15-25(27)36-28(37)35-24-19-22(33-40-31(6,7)29(2,3)38)18-23(20-24)34-41-32(8,9)30(4,5)39/h10-20,38-39H,1-9H3,(H,35,36). The summed E-state index contributed by atoms with van der Waals surface area (Å²) < 4.78 is 14.3. The van der Waals surface area contributed by atoms with Gasteiger partial charge in [0.15, 0.2) is 0 Å². The Morgan fingerprint density at radius 2 is 1.24 bits per heavy atom. The fraction of sp³-hybridized carbons (Fsp3) is 0.406. The SMILES string of the molecule is Cc1ccccc1-n1c(Nc2cc([B]OC(C)(C)C(C)(C)O)cc([B]OC(C)(C)C(C)(C)O)c2)nc2ccccc21. The van der Waals surface area contributed by atoms with Gasteiger partial charge in [-0.15, -0.1) is 0 Å². The van der Waals surface area contributed by atoms with Crippen molar-refractivity contribution in [1.82, 2.24) is 9.55 Å². The van der Waals surface area contributed by atoms with E-state index in [0.717, 1.165) is 38.9 Å². The molecule has 0 amide bonds. The van der Waals surface area contributed by atoms with E-state index in [9.17, 15) is 10.2 Å². The molecule has 41 heavy (non-hydrogen) atoms. The Hall–Kier alpha value is -3.10. The van der Waals surface area contributed by atoms with Crippen LogP contribution in [-0.2, 0) is 9.31 Å². The average Bonchev–Trinajstić information content (AvgIpc) is 3.23. The number of hydrogen-bond acceptors (Lipinski definition) is 6. The number of aryl methyl sites for hydroxylation is 1. The normalized spacial score (nSPS) is 13.0. The van der Waals surface area contributed by atoms with E-state index in [2.05, 4.69) is 35.0 Å². The molecule has 0 aliphatic rings. The molecule has 0 aliphatic heterocycles. The Bertz CT molecular complexity index is 1470. The van der Waals surface area contributed by atoms with Crippen LogP contribution in [0, 0.1) is 6.92 Å². The fourth-order valence-electron chi connectivity index (χ4n) is 3.90. The Kier molecular flexibility index (Phi) is 8.50. The van der Waals surface area contributed by atoms with Gasteiger partial charge < -0.3 is 24.8 Å². The third kappa shape index (κ3) is 6.87. The van der Waals surface area contributed by atoms with Crippen molar-refractivity contribution in [2.45, 2.75) is 84.7 Å². The Morgan fingerprint density at radius 1 is 0.732 bits per heavy atom. The van der Waals surface area contributed by atoms with Crippen molar-refractivity contribution in [3.63, 3.8) is 0 Å². The minimum absolute atomic E-state index is 0.666. The van der Waals surface area contributed by atoms with Gasteiger partial charge in [0.2, 0.25) is 5.95 Å². The van der Waals surface area contributed by atoms with Crippen LogP contribution in [0.1, 0.15) is 61.0 Å². The summed E-state index contributed by atoms with van der Waals surface area (Å²) in [6, 6.07) is 22.1. The Labute approximate surface area is 245 Å². The Morgan fingerprint density at radius 3 is 1.78 bits per heavy atom. The van der Waals surface area contributed by atoms with Gasteiger partial charge in [-0.2, -0.15) is 0 Å². The first-order valence-corrected chi connectivity index (χ1v) is 13.9. The molecule has 3 aromatic carbocycles. The second kappa shape index (κ2) is 11.3. The molecule has 7 nitrogen and oxygen atoms in total. The molecule has 0 aliphatic carbocycles. The van der Waals surface area contributed by atoms with Crippen molar-refractivity contribution in [3.05, 3.63) is 72.3 Å². The quantitative estimate of drug-likeness (QED) is 0.234. The van der Waals surface area contributed by atoms with E-state index < -0.39 is 22.4 Å². The third-order valence-corrected chi connectivity index (χ3v) is 8.08. The molecule has 9 heteroatoms. The molecule has 1 heterocycles. The molecule has 0 saturated carbocycles. The highest BCUT2D eigenvalue weighted by molar-refractivity contribution is 6.52. The number of anilines is 2. The maximum Gasteiger partial charge on any atom is 0.330 e. The summed E-state index contributed by atoms with van der Waals surface area (Å²) in [6.07, 6.45) is 0. The molecule has 0 atom stereocenters. The van der Waals surface area contributed by atoms with Gasteiger partial charge in [-0.3, -0.25) is 4.57 Å². The van der Waals surface area contributed by atoms with Crippen LogP contribution in [0.3, 0.4) is 0 Å². The molecule has 4 rings (SSSR count). The van der Waals surface area contributed by atoms with Gasteiger partial charge in [0.1, 0.15) is 0 Å². The molecule has 214 valence electrons. The zero-order chi connectivity index (χ0) is 30.2. The van der Waals surface area contributed by atoms with Crippen LogP contribution in [0.15, 0.2) is 66.7 Å². The summed E-state index contributed by atoms with van der Waals surface area (Å²) in [5.41, 5.74) is 2.52. The van der Waals surface area contributed by atoms with E-state index >= 15 is 0 Å². The van der Waals surface area contributed by atoms with Crippen molar-refractivity contribution >= 4 is 48.6 Å². The monoisotopic (exact) mass is 553 g/mol. The van der Waals surface area contributed by atoms with Crippen LogP contribution in [0.25, 0.3) is 16.7 Å². The predicted octanol–water partition coefficient (Wildman–Crippen LogP) is 4.70. The van der Waals surface area contributed by atoms with E-state index in [1.54, 1.807) is 42.7 Å². The minimum Gasteiger partial charge on any atom is -0.427 e. The van der Waals surface area contributed by atoms with Crippen molar-refractivity contribution in [2.24, 2.45) is 0 Å². The van der Waals surface area contributed by atoms with Gasteiger partial charge in [0.05, 0.1) is 39.1 Å². The lowest BCUT2D eigenvalue weighted by Crippen LogP contribution is -2.50. The molecule has 3 N–H and O–H groups in total. The number of benzene rings is 3. The van der Waals surface area contributed by atoms with E-state index in [1.165, 1.54) is 0 Å². The average molecular weight is 553 g/mol. The van der Waals surface area contributed by atoms with Gasteiger partial charge in [0, 0.05) is 5.69 Å². The van der Waals surface area contributed by atoms with Crippen LogP contribution >= 0.6 is 0 Å². The number of rotatable bonds is 11. The van der Waals surface area contributed by atoms with Crippen LogP contribution in [-0.4, -0.2) is 57.1 Å². The van der Waals surface area contributed by atoms with Crippen molar-refractivity contribution in [1.29, 1.82) is 0 Å². The van der Waals surface area contributed by atoms with Crippen molar-refractivity contribution in [3.8, 4) is 5.69 Å². The lowest BCUT2D eigenvalue weighted by Gasteiger charge is -2.38. The summed E-state index contributed by atoms with van der Waals surface area (Å²) in [7, 11) is 3.29. The predicted molar refractivity (Wildman–Crippen MR) is 169 cm³/mol. The highest BCUT2D eigenvalue weighted by atomic mass is 16.5. The summed E-state index contributed by atoms with van der Waals surface area (Å²) in [5.74, 6) is 0.666. The minimum atomic E-state index is -1.06. The van der Waals surface area contributed by atoms with Crippen LogP contribution < -0.4 is 16.2 Å². The van der Waals surface area contributed by atoms with Gasteiger partial charge in [-0.05, 0) is 98.2 Å². The zero-order valence-electron chi connectivity index (χ0n) is 25.6. The lowest BCUT2D eigenvalue weighted by atomic mass is 9.77. The van der Waals surface area contributed by atoms with E-state index in [1.807, 2.05) is 76.2 Å². The van der Waals surface area contributed by atoms with Crippen LogP contribution in [0.5, 0.6) is 0 Å². The van der Waals surface area contributed by atoms with Crippen LogP contribution in [0.2, 0.25) is 0 Å². The van der Waals surface area contributed by atoms with Gasteiger partial charge in [-0.25, -0.2) is 4.98 Å². The number of fused-ring (bicyclic) bond motifs is 1. The van der Waals surface area contributed by atoms with Gasteiger partial charge in [0.25, 0.3) is 0 Å². The summed E-state index contributed by atoms with van der Waals surface area (Å²) in [6.45, 7) is 16.4. The second-order valence-corrected chi connectivity index (χ2v) is 12.7. The van der Waals surface area contributed by atoms with Crippen molar-refractivity contribution in [2.75, 3.05) is 5.32 Å². The molecule has 4 aromatic rings. The molecule has 0 bridgehead atoms. The zero-order valence-corrected chi connectivity index (χ0v) is 25.6. The number of nitrogens with zero attached hydrogens (tertiary/aromatic N) is 2. The largest absolute Gasteiger partial charge is 0.427 e. The number of nitrogens with one attached hydrogen (secondary N) is 1. The second-order valence-electron chi connectivity index (χ2n) is 12.7. The van der Waals surface area contributed by atoms with Gasteiger partial charge >= 0.3 is 15.0 Å². The number of aliphatic hydroxyl groups is 2. The molecular weight excluding hydrogens is 512 g/mol. The first kappa shape index (κ1) is 30.8. The van der Waals surface area contributed by atoms with E-state index in [-0.39, 0.29) is 0 Å². The highest BCUT2D eigenvalue weighted by Gasteiger charge is 2.37. The molecule has 0 unspecified atom stereocenters. The van der Waals surface area contributed by atoms with Gasteiger partial charge in [-0.1, -0.05) is 47.3 Å². The summed E-state index contributed by atoms with van der Waals surface area (Å²) >= 11 is 0. The smallest absolute Gasteiger partial charge is 0.330 e. The summed E-state index contributed by atoms with van der Waals surface area (Å²) in [4.78, 5) is 4.92. The van der Waals surface area contributed by atoms with E-state index in [0.29, 0.717) is 5.95 Å². The van der Waals surface area contributed by atoms with Crippen LogP contribution in [0.4, 0.5) is 11.6 Å².